The number of nitrogens with zero attached hydrogens (tertiary/aromatic N) is 1. The zero-order chi connectivity index (χ0) is 13.5. The summed E-state index contributed by atoms with van der Waals surface area (Å²) >= 11 is 0. The molecule has 1 saturated heterocycles. The van der Waals surface area contributed by atoms with Crippen molar-refractivity contribution in [2.45, 2.75) is 36.2 Å². The first kappa shape index (κ1) is 12.9. The first-order valence-electron chi connectivity index (χ1n) is 6.66. The molecule has 5 nitrogen and oxygen atoms in total. The highest BCUT2D eigenvalue weighted by Crippen LogP contribution is 2.31. The molecule has 0 spiro atoms. The van der Waals surface area contributed by atoms with Crippen LogP contribution in [-0.4, -0.2) is 38.5 Å². The van der Waals surface area contributed by atoms with Crippen LogP contribution in [0.3, 0.4) is 0 Å². The zero-order valence-corrected chi connectivity index (χ0v) is 11.6. The Morgan fingerprint density at radius 1 is 1.21 bits per heavy atom. The van der Waals surface area contributed by atoms with E-state index in [0.717, 1.165) is 25.6 Å². The predicted molar refractivity (Wildman–Crippen MR) is 74.4 cm³/mol. The van der Waals surface area contributed by atoms with Crippen LogP contribution in [0.15, 0.2) is 29.2 Å². The summed E-state index contributed by atoms with van der Waals surface area (Å²) in [6, 6.07) is 7.91. The lowest BCUT2D eigenvalue weighted by Crippen LogP contribution is -2.28. The maximum Gasteiger partial charge on any atom is 0.240 e. The van der Waals surface area contributed by atoms with Crippen LogP contribution < -0.4 is 10.5 Å². The van der Waals surface area contributed by atoms with Crippen molar-refractivity contribution in [3.8, 4) is 0 Å². The molecule has 1 saturated carbocycles. The minimum atomic E-state index is -3.67. The second-order valence-electron chi connectivity index (χ2n) is 5.40. The fraction of sp³-hybridized carbons (Fsp3) is 0.538. The molecular formula is C13H19N3O2S. The molecular weight excluding hydrogens is 262 g/mol. The Morgan fingerprint density at radius 3 is 2.63 bits per heavy atom. The zero-order valence-electron chi connectivity index (χ0n) is 10.7. The summed E-state index contributed by atoms with van der Waals surface area (Å²) in [7, 11) is -3.67. The molecule has 0 amide bonds. The SMILES string of the molecule is NS(=O)(=O)c1ccccc1NC1CCN(C2CC2)C1. The Hall–Kier alpha value is -1.11. The molecule has 1 aromatic carbocycles. The third kappa shape index (κ3) is 2.91. The second-order valence-corrected chi connectivity index (χ2v) is 6.93. The van der Waals surface area contributed by atoms with Crippen LogP contribution in [0, 0.1) is 0 Å². The minimum Gasteiger partial charge on any atom is -0.380 e. The molecule has 1 atom stereocenters. The van der Waals surface area contributed by atoms with Gasteiger partial charge in [-0.3, -0.25) is 4.90 Å². The second kappa shape index (κ2) is 4.77. The van der Waals surface area contributed by atoms with E-state index in [1.54, 1.807) is 18.2 Å². The Kier molecular flexibility index (Phi) is 3.24. The number of benzene rings is 1. The molecule has 19 heavy (non-hydrogen) atoms. The number of para-hydroxylation sites is 1. The van der Waals surface area contributed by atoms with Gasteiger partial charge in [-0.25, -0.2) is 13.6 Å². The average Bonchev–Trinajstić information content (AvgIpc) is 3.10. The highest BCUT2D eigenvalue weighted by atomic mass is 32.2. The Balaban J connectivity index is 1.73. The van der Waals surface area contributed by atoms with Gasteiger partial charge in [0.2, 0.25) is 10.0 Å². The van der Waals surface area contributed by atoms with Gasteiger partial charge in [-0.1, -0.05) is 12.1 Å². The van der Waals surface area contributed by atoms with Crippen LogP contribution in [0.25, 0.3) is 0 Å². The molecule has 0 aromatic heterocycles. The van der Waals surface area contributed by atoms with Crippen LogP contribution in [0.4, 0.5) is 5.69 Å². The van der Waals surface area contributed by atoms with Crippen LogP contribution in [0.5, 0.6) is 0 Å². The van der Waals surface area contributed by atoms with Crippen molar-refractivity contribution in [1.82, 2.24) is 4.90 Å². The molecule has 3 N–H and O–H groups in total. The third-order valence-corrected chi connectivity index (χ3v) is 4.81. The van der Waals surface area contributed by atoms with Crippen LogP contribution in [0.2, 0.25) is 0 Å². The summed E-state index contributed by atoms with van der Waals surface area (Å²) in [4.78, 5) is 2.66. The van der Waals surface area contributed by atoms with E-state index in [9.17, 15) is 8.42 Å². The molecule has 1 unspecified atom stereocenters. The number of nitrogens with two attached hydrogens (primary N) is 1. The van der Waals surface area contributed by atoms with E-state index in [4.69, 9.17) is 5.14 Å². The lowest BCUT2D eigenvalue weighted by Gasteiger charge is -2.18. The number of likely N-dealkylation sites (tertiary alicyclic amines) is 1. The van der Waals surface area contributed by atoms with Crippen molar-refractivity contribution in [3.63, 3.8) is 0 Å². The van der Waals surface area contributed by atoms with Gasteiger partial charge in [0.05, 0.1) is 5.69 Å². The number of hydrogen-bond donors (Lipinski definition) is 2. The van der Waals surface area contributed by atoms with Gasteiger partial charge in [0.15, 0.2) is 0 Å². The molecule has 104 valence electrons. The van der Waals surface area contributed by atoms with E-state index >= 15 is 0 Å². The molecule has 6 heteroatoms. The Labute approximate surface area is 113 Å². The Morgan fingerprint density at radius 2 is 1.95 bits per heavy atom. The van der Waals surface area contributed by atoms with Gasteiger partial charge in [0.25, 0.3) is 0 Å². The summed E-state index contributed by atoms with van der Waals surface area (Å²) in [6.07, 6.45) is 3.66. The topological polar surface area (TPSA) is 75.4 Å². The highest BCUT2D eigenvalue weighted by molar-refractivity contribution is 7.89. The maximum absolute atomic E-state index is 11.5. The number of hydrogen-bond acceptors (Lipinski definition) is 4. The summed E-state index contributed by atoms with van der Waals surface area (Å²) in [5.74, 6) is 0. The third-order valence-electron chi connectivity index (χ3n) is 3.84. The number of sulfonamides is 1. The lowest BCUT2D eigenvalue weighted by atomic mass is 10.2. The van der Waals surface area contributed by atoms with Gasteiger partial charge in [-0.05, 0) is 31.4 Å². The number of nitrogens with one attached hydrogen (secondary N) is 1. The Bertz CT molecular complexity index is 569. The standard InChI is InChI=1S/C13H19N3O2S/c14-19(17,18)13-4-2-1-3-12(13)15-10-7-8-16(9-10)11-5-6-11/h1-4,10-11,15H,5-9H2,(H2,14,17,18). The number of rotatable bonds is 4. The van der Waals surface area contributed by atoms with E-state index in [1.165, 1.54) is 12.8 Å². The molecule has 1 aliphatic heterocycles. The lowest BCUT2D eigenvalue weighted by molar-refractivity contribution is 0.326. The molecule has 1 aromatic rings. The fourth-order valence-electron chi connectivity index (χ4n) is 2.73. The first-order chi connectivity index (χ1) is 9.04. The van der Waals surface area contributed by atoms with Crippen LogP contribution in [-0.2, 0) is 10.0 Å². The van der Waals surface area contributed by atoms with E-state index in [0.29, 0.717) is 11.7 Å². The van der Waals surface area contributed by atoms with Gasteiger partial charge in [-0.2, -0.15) is 0 Å². The van der Waals surface area contributed by atoms with Gasteiger partial charge in [-0.15, -0.1) is 0 Å². The smallest absolute Gasteiger partial charge is 0.240 e. The van der Waals surface area contributed by atoms with Gasteiger partial charge >= 0.3 is 0 Å². The van der Waals surface area contributed by atoms with Crippen molar-refractivity contribution >= 4 is 15.7 Å². The fourth-order valence-corrected chi connectivity index (χ4v) is 3.43. The molecule has 2 fully saturated rings. The molecule has 3 rings (SSSR count). The van der Waals surface area contributed by atoms with Gasteiger partial charge in [0, 0.05) is 25.2 Å². The maximum atomic E-state index is 11.5. The number of primary sulfonamides is 1. The monoisotopic (exact) mass is 281 g/mol. The summed E-state index contributed by atoms with van der Waals surface area (Å²) in [5, 5.41) is 8.57. The van der Waals surface area contributed by atoms with Crippen molar-refractivity contribution in [1.29, 1.82) is 0 Å². The molecule has 0 bridgehead atoms. The van der Waals surface area contributed by atoms with Crippen molar-refractivity contribution in [3.05, 3.63) is 24.3 Å². The molecule has 2 aliphatic rings. The van der Waals surface area contributed by atoms with Crippen LogP contribution >= 0.6 is 0 Å². The van der Waals surface area contributed by atoms with Crippen molar-refractivity contribution in [2.75, 3.05) is 18.4 Å². The summed E-state index contributed by atoms with van der Waals surface area (Å²) < 4.78 is 23.1. The molecule has 1 aliphatic carbocycles. The van der Waals surface area contributed by atoms with Gasteiger partial charge in [0.1, 0.15) is 4.90 Å². The van der Waals surface area contributed by atoms with Crippen molar-refractivity contribution < 1.29 is 8.42 Å². The summed E-state index contributed by atoms with van der Waals surface area (Å²) in [6.45, 7) is 2.09. The number of anilines is 1. The first-order valence-corrected chi connectivity index (χ1v) is 8.21. The van der Waals surface area contributed by atoms with E-state index in [1.807, 2.05) is 6.07 Å². The van der Waals surface area contributed by atoms with E-state index in [-0.39, 0.29) is 4.90 Å². The molecule has 0 radical (unpaired) electrons. The summed E-state index contributed by atoms with van der Waals surface area (Å²) in [5.41, 5.74) is 0.618. The highest BCUT2D eigenvalue weighted by Gasteiger charge is 2.34. The largest absolute Gasteiger partial charge is 0.380 e. The average molecular weight is 281 g/mol. The van der Waals surface area contributed by atoms with E-state index in [2.05, 4.69) is 10.2 Å². The van der Waals surface area contributed by atoms with Gasteiger partial charge < -0.3 is 5.32 Å². The minimum absolute atomic E-state index is 0.180. The quantitative estimate of drug-likeness (QED) is 0.863. The van der Waals surface area contributed by atoms with Crippen molar-refractivity contribution in [2.24, 2.45) is 5.14 Å². The molecule has 1 heterocycles. The normalized spacial score (nSPS) is 24.6. The van der Waals surface area contributed by atoms with E-state index < -0.39 is 10.0 Å². The van der Waals surface area contributed by atoms with Crippen LogP contribution in [0.1, 0.15) is 19.3 Å². The predicted octanol–water partition coefficient (Wildman–Crippen LogP) is 0.983.